The molecule has 0 aliphatic carbocycles. The van der Waals surface area contributed by atoms with Gasteiger partial charge in [0.15, 0.2) is 11.5 Å². The van der Waals surface area contributed by atoms with Crippen LogP contribution in [-0.2, 0) is 6.54 Å². The number of ether oxygens (including phenoxy) is 3. The molecule has 9 nitrogen and oxygen atoms in total. The van der Waals surface area contributed by atoms with E-state index in [2.05, 4.69) is 11.9 Å². The lowest BCUT2D eigenvalue weighted by Gasteiger charge is -2.22. The molecule has 4 aromatic rings. The molecule has 0 saturated carbocycles. The Kier molecular flexibility index (Phi) is 9.34. The first kappa shape index (κ1) is 29.5. The summed E-state index contributed by atoms with van der Waals surface area (Å²) in [7, 11) is 4.66. The maximum absolute atomic E-state index is 13.5. The lowest BCUT2D eigenvalue weighted by Crippen LogP contribution is -2.30. The average molecular weight is 568 g/mol. The largest absolute Gasteiger partial charge is 0.497 e. The number of nitrogens with one attached hydrogen (secondary N) is 1. The molecule has 216 valence electrons. The Morgan fingerprint density at radius 1 is 0.881 bits per heavy atom. The molecule has 0 aliphatic heterocycles. The summed E-state index contributed by atoms with van der Waals surface area (Å²) in [6.07, 6.45) is -1.10. The van der Waals surface area contributed by atoms with E-state index in [1.165, 1.54) is 12.0 Å². The van der Waals surface area contributed by atoms with Crippen LogP contribution in [0.4, 0.5) is 16.2 Å². The minimum Gasteiger partial charge on any atom is -0.497 e. The molecule has 0 unspecified atom stereocenters. The van der Waals surface area contributed by atoms with E-state index in [9.17, 15) is 14.7 Å². The number of methoxy groups -OCH3 is 3. The van der Waals surface area contributed by atoms with Gasteiger partial charge in [-0.15, -0.1) is 0 Å². The van der Waals surface area contributed by atoms with Crippen molar-refractivity contribution in [3.8, 4) is 28.4 Å². The lowest BCUT2D eigenvalue weighted by atomic mass is 9.95. The van der Waals surface area contributed by atoms with Crippen LogP contribution < -0.4 is 25.3 Å². The molecule has 9 heteroatoms. The number of benzene rings is 4. The Hall–Kier alpha value is -5.44. The Morgan fingerprint density at radius 3 is 2.24 bits per heavy atom. The number of rotatable bonds is 11. The van der Waals surface area contributed by atoms with Crippen molar-refractivity contribution in [1.82, 2.24) is 4.90 Å². The summed E-state index contributed by atoms with van der Waals surface area (Å²) < 4.78 is 16.1. The molecule has 4 aromatic carbocycles. The predicted molar refractivity (Wildman–Crippen MR) is 164 cm³/mol. The molecule has 42 heavy (non-hydrogen) atoms. The van der Waals surface area contributed by atoms with Gasteiger partial charge in [0.1, 0.15) is 5.75 Å². The van der Waals surface area contributed by atoms with E-state index in [4.69, 9.17) is 19.9 Å². The van der Waals surface area contributed by atoms with Crippen LogP contribution in [0.15, 0.2) is 91.5 Å². The number of para-hydroxylation sites is 2. The molecule has 0 aliphatic rings. The number of carboxylic acid groups (broad SMARTS) is 1. The highest BCUT2D eigenvalue weighted by Gasteiger charge is 2.20. The third-order valence-corrected chi connectivity index (χ3v) is 6.76. The molecular formula is C33H33N3O6. The van der Waals surface area contributed by atoms with Crippen molar-refractivity contribution in [1.29, 1.82) is 0 Å². The van der Waals surface area contributed by atoms with Crippen LogP contribution in [0.2, 0.25) is 0 Å². The highest BCUT2D eigenvalue weighted by molar-refractivity contribution is 6.10. The van der Waals surface area contributed by atoms with Crippen LogP contribution in [-0.4, -0.2) is 49.9 Å². The number of carbonyl (C=O) groups is 2. The third-order valence-electron chi connectivity index (χ3n) is 6.76. The summed E-state index contributed by atoms with van der Waals surface area (Å²) in [6, 6.07) is 24.8. The number of nitrogens with zero attached hydrogens (tertiary/aromatic N) is 1. The van der Waals surface area contributed by atoms with Gasteiger partial charge < -0.3 is 30.4 Å². The minimum atomic E-state index is -1.10. The van der Waals surface area contributed by atoms with Crippen molar-refractivity contribution in [2.45, 2.75) is 6.54 Å². The smallest absolute Gasteiger partial charge is 0.407 e. The van der Waals surface area contributed by atoms with Gasteiger partial charge in [-0.3, -0.25) is 9.69 Å². The van der Waals surface area contributed by atoms with Crippen molar-refractivity contribution in [2.24, 2.45) is 0 Å². The summed E-state index contributed by atoms with van der Waals surface area (Å²) in [5, 5.41) is 12.9. The molecule has 4 rings (SSSR count). The Labute approximate surface area is 244 Å². The number of anilines is 2. The van der Waals surface area contributed by atoms with Gasteiger partial charge in [0.05, 0.1) is 32.7 Å². The number of nitrogen functional groups attached to an aromatic ring is 1. The molecule has 0 atom stereocenters. The van der Waals surface area contributed by atoms with Crippen molar-refractivity contribution < 1.29 is 28.9 Å². The summed E-state index contributed by atoms with van der Waals surface area (Å²) in [5.41, 5.74) is 10.7. The molecule has 0 saturated heterocycles. The van der Waals surface area contributed by atoms with Crippen molar-refractivity contribution in [3.05, 3.63) is 108 Å². The van der Waals surface area contributed by atoms with Crippen LogP contribution in [0.1, 0.15) is 21.5 Å². The number of amides is 2. The standard InChI is InChI=1S/C33H33N3O6/c1-21(23-10-13-25(40-2)14-11-23)19-36(33(38)39)20-22-9-15-26(32(37)35-29-8-6-5-7-28(29)34)27(17-22)24-12-16-30(41-3)31(18-24)42-4/h5-18H,1,19-20,34H2,2-4H3,(H,35,37)(H,38,39). The summed E-state index contributed by atoms with van der Waals surface area (Å²) in [6.45, 7) is 4.25. The van der Waals surface area contributed by atoms with Gasteiger partial charge in [-0.2, -0.15) is 0 Å². The fourth-order valence-electron chi connectivity index (χ4n) is 4.49. The Bertz CT molecular complexity index is 1600. The second kappa shape index (κ2) is 13.3. The molecule has 0 fully saturated rings. The maximum atomic E-state index is 13.5. The van der Waals surface area contributed by atoms with Crippen LogP contribution >= 0.6 is 0 Å². The fourth-order valence-corrected chi connectivity index (χ4v) is 4.49. The molecule has 0 spiro atoms. The number of hydrogen-bond acceptors (Lipinski definition) is 6. The van der Waals surface area contributed by atoms with Gasteiger partial charge >= 0.3 is 6.09 Å². The lowest BCUT2D eigenvalue weighted by molar-refractivity contribution is 0.102. The van der Waals surface area contributed by atoms with Crippen molar-refractivity contribution in [3.63, 3.8) is 0 Å². The monoisotopic (exact) mass is 567 g/mol. The number of hydrogen-bond donors (Lipinski definition) is 3. The second-order valence-electron chi connectivity index (χ2n) is 9.46. The van der Waals surface area contributed by atoms with Gasteiger partial charge in [-0.1, -0.05) is 43.0 Å². The van der Waals surface area contributed by atoms with Crippen molar-refractivity contribution >= 4 is 28.9 Å². The van der Waals surface area contributed by atoms with E-state index in [0.717, 1.165) is 5.56 Å². The van der Waals surface area contributed by atoms with E-state index in [1.54, 1.807) is 80.9 Å². The summed E-state index contributed by atoms with van der Waals surface area (Å²) >= 11 is 0. The van der Waals surface area contributed by atoms with Gasteiger partial charge in [0, 0.05) is 18.7 Å². The SMILES string of the molecule is C=C(CN(Cc1ccc(C(=O)Nc2ccccc2N)c(-c2ccc(OC)c(OC)c2)c1)C(=O)O)c1ccc(OC)cc1. The zero-order valence-electron chi connectivity index (χ0n) is 23.7. The van der Waals surface area contributed by atoms with E-state index in [-0.39, 0.29) is 19.0 Å². The molecule has 2 amide bonds. The molecule has 0 radical (unpaired) electrons. The van der Waals surface area contributed by atoms with Crippen LogP contribution in [0.25, 0.3) is 16.7 Å². The summed E-state index contributed by atoms with van der Waals surface area (Å²) in [5.74, 6) is 1.35. The minimum absolute atomic E-state index is 0.0678. The molecule has 4 N–H and O–H groups in total. The van der Waals surface area contributed by atoms with Crippen molar-refractivity contribution in [2.75, 3.05) is 38.9 Å². The topological polar surface area (TPSA) is 123 Å². The zero-order chi connectivity index (χ0) is 30.2. The third kappa shape index (κ3) is 6.82. The van der Waals surface area contributed by atoms with Crippen LogP contribution in [0, 0.1) is 0 Å². The Morgan fingerprint density at radius 2 is 1.60 bits per heavy atom. The Balaban J connectivity index is 1.68. The first-order valence-electron chi connectivity index (χ1n) is 13.0. The highest BCUT2D eigenvalue weighted by Crippen LogP contribution is 2.35. The quantitative estimate of drug-likeness (QED) is 0.179. The molecule has 0 aromatic heterocycles. The molecule has 0 bridgehead atoms. The van der Waals surface area contributed by atoms with Gasteiger partial charge in [-0.05, 0) is 76.4 Å². The van der Waals surface area contributed by atoms with E-state index in [1.807, 2.05) is 18.2 Å². The molecule has 0 heterocycles. The van der Waals surface area contributed by atoms with E-state index in [0.29, 0.717) is 56.5 Å². The fraction of sp³-hybridized carbons (Fsp3) is 0.152. The normalized spacial score (nSPS) is 10.5. The highest BCUT2D eigenvalue weighted by atomic mass is 16.5. The zero-order valence-corrected chi connectivity index (χ0v) is 23.7. The van der Waals surface area contributed by atoms with Gasteiger partial charge in [0.2, 0.25) is 0 Å². The van der Waals surface area contributed by atoms with E-state index >= 15 is 0 Å². The first-order valence-corrected chi connectivity index (χ1v) is 13.0. The van der Waals surface area contributed by atoms with E-state index < -0.39 is 6.09 Å². The average Bonchev–Trinajstić information content (AvgIpc) is 3.01. The number of carbonyl (C=O) groups excluding carboxylic acids is 1. The van der Waals surface area contributed by atoms with Crippen LogP contribution in [0.3, 0.4) is 0 Å². The number of nitrogens with two attached hydrogens (primary N) is 1. The van der Waals surface area contributed by atoms with Gasteiger partial charge in [-0.25, -0.2) is 4.79 Å². The van der Waals surface area contributed by atoms with Gasteiger partial charge in [0.25, 0.3) is 5.91 Å². The first-order chi connectivity index (χ1) is 20.2. The molecular weight excluding hydrogens is 534 g/mol. The predicted octanol–water partition coefficient (Wildman–Crippen LogP) is 6.41. The second-order valence-corrected chi connectivity index (χ2v) is 9.46. The summed E-state index contributed by atoms with van der Waals surface area (Å²) in [4.78, 5) is 27.0. The van der Waals surface area contributed by atoms with Crippen LogP contribution in [0.5, 0.6) is 17.2 Å². The maximum Gasteiger partial charge on any atom is 0.407 e.